The van der Waals surface area contributed by atoms with Crippen LogP contribution in [0.4, 0.5) is 13.2 Å². The Balaban J connectivity index is 1.91. The van der Waals surface area contributed by atoms with Crippen molar-refractivity contribution >= 4 is 5.97 Å². The molecule has 0 spiro atoms. The van der Waals surface area contributed by atoms with Crippen LogP contribution in [0.5, 0.6) is 0 Å². The Morgan fingerprint density at radius 2 is 1.86 bits per heavy atom. The zero-order valence-corrected chi connectivity index (χ0v) is 12.2. The van der Waals surface area contributed by atoms with Crippen LogP contribution >= 0.6 is 0 Å². The van der Waals surface area contributed by atoms with Crippen LogP contribution in [0.2, 0.25) is 0 Å². The number of hydrogen-bond donors (Lipinski definition) is 1. The van der Waals surface area contributed by atoms with E-state index in [2.05, 4.69) is 4.74 Å². The Morgan fingerprint density at radius 3 is 2.36 bits per heavy atom. The molecule has 1 aromatic rings. The summed E-state index contributed by atoms with van der Waals surface area (Å²) in [7, 11) is 1.22. The van der Waals surface area contributed by atoms with Crippen molar-refractivity contribution in [2.24, 2.45) is 5.92 Å². The maximum atomic E-state index is 13.2. The molecule has 0 bridgehead atoms. The van der Waals surface area contributed by atoms with Crippen LogP contribution < -0.4 is 0 Å². The van der Waals surface area contributed by atoms with E-state index in [1.807, 2.05) is 4.90 Å². The van der Waals surface area contributed by atoms with Gasteiger partial charge in [-0.25, -0.2) is 18.0 Å². The van der Waals surface area contributed by atoms with Crippen molar-refractivity contribution in [3.63, 3.8) is 0 Å². The van der Waals surface area contributed by atoms with Gasteiger partial charge in [0.25, 0.3) is 0 Å². The summed E-state index contributed by atoms with van der Waals surface area (Å²) in [6.45, 7) is 1.42. The third-order valence-corrected chi connectivity index (χ3v) is 3.97. The molecule has 122 valence electrons. The SMILES string of the molecule is COC(=O)C(O)C1CCN(Cc2cc(F)c(F)c(F)c2)CC1. The molecule has 4 nitrogen and oxygen atoms in total. The number of hydrogen-bond acceptors (Lipinski definition) is 4. The average Bonchev–Trinajstić information content (AvgIpc) is 2.51. The van der Waals surface area contributed by atoms with Gasteiger partial charge in [-0.05, 0) is 49.5 Å². The number of aliphatic hydroxyl groups excluding tert-OH is 1. The molecule has 22 heavy (non-hydrogen) atoms. The summed E-state index contributed by atoms with van der Waals surface area (Å²) in [6, 6.07) is 1.96. The topological polar surface area (TPSA) is 49.8 Å². The minimum Gasteiger partial charge on any atom is -0.467 e. The summed E-state index contributed by atoms with van der Waals surface area (Å²) in [5.41, 5.74) is 0.350. The van der Waals surface area contributed by atoms with Crippen molar-refractivity contribution in [1.82, 2.24) is 4.90 Å². The maximum absolute atomic E-state index is 13.2. The predicted octanol–water partition coefficient (Wildman–Crippen LogP) is 1.85. The Labute approximate surface area is 126 Å². The van der Waals surface area contributed by atoms with Crippen molar-refractivity contribution < 1.29 is 27.8 Å². The molecule has 0 aromatic heterocycles. The van der Waals surface area contributed by atoms with Crippen molar-refractivity contribution in [1.29, 1.82) is 0 Å². The second kappa shape index (κ2) is 7.11. The second-order valence-corrected chi connectivity index (χ2v) is 5.46. The number of ether oxygens (including phenoxy) is 1. The van der Waals surface area contributed by atoms with Gasteiger partial charge in [0.1, 0.15) is 0 Å². The molecule has 1 N–H and O–H groups in total. The highest BCUT2D eigenvalue weighted by atomic mass is 19.2. The van der Waals surface area contributed by atoms with Crippen LogP contribution in [-0.2, 0) is 16.1 Å². The molecular formula is C15H18F3NO3. The molecule has 1 heterocycles. The standard InChI is InChI=1S/C15H18F3NO3/c1-22-15(21)14(20)10-2-4-19(5-3-10)8-9-6-11(16)13(18)12(17)7-9/h6-7,10,14,20H,2-5,8H2,1H3. The lowest BCUT2D eigenvalue weighted by molar-refractivity contribution is -0.154. The van der Waals surface area contributed by atoms with E-state index in [0.717, 1.165) is 12.1 Å². The number of esters is 1. The van der Waals surface area contributed by atoms with E-state index in [-0.39, 0.29) is 12.5 Å². The largest absolute Gasteiger partial charge is 0.467 e. The van der Waals surface area contributed by atoms with E-state index in [9.17, 15) is 23.1 Å². The lowest BCUT2D eigenvalue weighted by Gasteiger charge is -2.33. The summed E-state index contributed by atoms with van der Waals surface area (Å²) >= 11 is 0. The minimum atomic E-state index is -1.47. The first kappa shape index (κ1) is 16.8. The molecular weight excluding hydrogens is 299 g/mol. The fourth-order valence-electron chi connectivity index (χ4n) is 2.70. The minimum absolute atomic E-state index is 0.189. The molecule has 1 aliphatic rings. The van der Waals surface area contributed by atoms with Gasteiger partial charge in [-0.2, -0.15) is 0 Å². The number of nitrogens with zero attached hydrogens (tertiary/aromatic N) is 1. The molecule has 0 aliphatic carbocycles. The first-order chi connectivity index (χ1) is 10.4. The maximum Gasteiger partial charge on any atom is 0.334 e. The summed E-state index contributed by atoms with van der Waals surface area (Å²) < 4.78 is 43.8. The van der Waals surface area contributed by atoms with Crippen molar-refractivity contribution in [3.8, 4) is 0 Å². The van der Waals surface area contributed by atoms with Crippen LogP contribution in [0.3, 0.4) is 0 Å². The van der Waals surface area contributed by atoms with Gasteiger partial charge < -0.3 is 9.84 Å². The van der Waals surface area contributed by atoms with E-state index >= 15 is 0 Å². The number of halogens is 3. The number of carbonyl (C=O) groups is 1. The van der Waals surface area contributed by atoms with Gasteiger partial charge in [-0.3, -0.25) is 4.90 Å². The summed E-state index contributed by atoms with van der Waals surface area (Å²) in [5, 5.41) is 9.79. The number of benzene rings is 1. The summed E-state index contributed by atoms with van der Waals surface area (Å²) in [6.07, 6.45) is -0.00180. The van der Waals surface area contributed by atoms with E-state index in [4.69, 9.17) is 0 Å². The fraction of sp³-hybridized carbons (Fsp3) is 0.533. The third kappa shape index (κ3) is 3.78. The first-order valence-corrected chi connectivity index (χ1v) is 7.04. The van der Waals surface area contributed by atoms with Gasteiger partial charge in [0.05, 0.1) is 7.11 Å². The molecule has 1 atom stereocenters. The highest BCUT2D eigenvalue weighted by Crippen LogP contribution is 2.23. The van der Waals surface area contributed by atoms with Crippen molar-refractivity contribution in [2.75, 3.05) is 20.2 Å². The first-order valence-electron chi connectivity index (χ1n) is 7.04. The Morgan fingerprint density at radius 1 is 1.32 bits per heavy atom. The molecule has 2 rings (SSSR count). The summed E-state index contributed by atoms with van der Waals surface area (Å²) in [4.78, 5) is 13.2. The molecule has 1 fully saturated rings. The highest BCUT2D eigenvalue weighted by molar-refractivity contribution is 5.74. The van der Waals surface area contributed by atoms with Crippen molar-refractivity contribution in [2.45, 2.75) is 25.5 Å². The third-order valence-electron chi connectivity index (χ3n) is 3.97. The lowest BCUT2D eigenvalue weighted by Crippen LogP contribution is -2.40. The summed E-state index contributed by atoms with van der Waals surface area (Å²) in [5.74, 6) is -4.72. The molecule has 1 aromatic carbocycles. The van der Waals surface area contributed by atoms with E-state index in [1.165, 1.54) is 7.11 Å². The Kier molecular flexibility index (Phi) is 5.42. The monoisotopic (exact) mass is 317 g/mol. The fourth-order valence-corrected chi connectivity index (χ4v) is 2.70. The normalized spacial score (nSPS) is 18.2. The van der Waals surface area contributed by atoms with Gasteiger partial charge in [0.2, 0.25) is 0 Å². The highest BCUT2D eigenvalue weighted by Gasteiger charge is 2.30. The number of likely N-dealkylation sites (tertiary alicyclic amines) is 1. The number of carbonyl (C=O) groups excluding carboxylic acids is 1. The Hall–Kier alpha value is -1.60. The predicted molar refractivity (Wildman–Crippen MR) is 72.3 cm³/mol. The van der Waals surface area contributed by atoms with Gasteiger partial charge in [-0.1, -0.05) is 0 Å². The molecule has 1 saturated heterocycles. The Bertz CT molecular complexity index is 522. The van der Waals surface area contributed by atoms with Crippen molar-refractivity contribution in [3.05, 3.63) is 35.1 Å². The van der Waals surface area contributed by atoms with Gasteiger partial charge in [-0.15, -0.1) is 0 Å². The van der Waals surface area contributed by atoms with Crippen LogP contribution in [0.1, 0.15) is 18.4 Å². The van der Waals surface area contributed by atoms with Gasteiger partial charge >= 0.3 is 5.97 Å². The van der Waals surface area contributed by atoms with E-state index in [1.54, 1.807) is 0 Å². The molecule has 7 heteroatoms. The van der Waals surface area contributed by atoms with E-state index in [0.29, 0.717) is 31.5 Å². The zero-order valence-electron chi connectivity index (χ0n) is 12.2. The second-order valence-electron chi connectivity index (χ2n) is 5.46. The van der Waals surface area contributed by atoms with Crippen LogP contribution in [0.15, 0.2) is 12.1 Å². The number of piperidine rings is 1. The van der Waals surface area contributed by atoms with Gasteiger partial charge in [0.15, 0.2) is 23.6 Å². The van der Waals surface area contributed by atoms with E-state index < -0.39 is 29.5 Å². The number of rotatable bonds is 4. The number of aliphatic hydroxyl groups is 1. The van der Waals surface area contributed by atoms with Crippen LogP contribution in [0, 0.1) is 23.4 Å². The molecule has 0 amide bonds. The van der Waals surface area contributed by atoms with Gasteiger partial charge in [0, 0.05) is 6.54 Å². The molecule has 1 unspecified atom stereocenters. The smallest absolute Gasteiger partial charge is 0.334 e. The average molecular weight is 317 g/mol. The number of methoxy groups -OCH3 is 1. The molecule has 1 aliphatic heterocycles. The molecule has 0 saturated carbocycles. The zero-order chi connectivity index (χ0) is 16.3. The van der Waals surface area contributed by atoms with Crippen LogP contribution in [-0.4, -0.2) is 42.3 Å². The lowest BCUT2D eigenvalue weighted by atomic mass is 9.91. The molecule has 0 radical (unpaired) electrons. The van der Waals surface area contributed by atoms with Crippen LogP contribution in [0.25, 0.3) is 0 Å². The quantitative estimate of drug-likeness (QED) is 0.680.